The van der Waals surface area contributed by atoms with Gasteiger partial charge in [-0.25, -0.2) is 4.98 Å². The number of amides is 1. The van der Waals surface area contributed by atoms with Gasteiger partial charge in [0.25, 0.3) is 0 Å². The highest BCUT2D eigenvalue weighted by molar-refractivity contribution is 5.86. The summed E-state index contributed by atoms with van der Waals surface area (Å²) in [6.07, 6.45) is 11.8. The molecule has 2 saturated heterocycles. The van der Waals surface area contributed by atoms with Gasteiger partial charge in [0.2, 0.25) is 5.91 Å². The standard InChI is InChI=1S/C24H30N4O2/c29-21-7-5-20(6-8-21)28-14-11-24(23(28)30)10-2-13-27(17-24)22-9-4-19(16-26-22)18-3-1-12-25-15-18/h1,3-4,9,12,15-16,20-21,29H,2,5-8,10-11,13-14,17H2/t20?,21?,24-/m0/s1. The molecule has 0 radical (unpaired) electrons. The van der Waals surface area contributed by atoms with Gasteiger partial charge in [-0.05, 0) is 63.1 Å². The molecule has 1 atom stereocenters. The molecule has 6 heteroatoms. The number of aromatic nitrogens is 2. The highest BCUT2D eigenvalue weighted by Crippen LogP contribution is 2.43. The number of carbonyl (C=O) groups excluding carboxylic acids is 1. The monoisotopic (exact) mass is 406 g/mol. The fourth-order valence-electron chi connectivity index (χ4n) is 5.55. The number of hydrogen-bond donors (Lipinski definition) is 1. The molecule has 2 aliphatic heterocycles. The molecule has 158 valence electrons. The molecule has 2 aromatic rings. The lowest BCUT2D eigenvalue weighted by Gasteiger charge is -2.41. The minimum atomic E-state index is -0.266. The van der Waals surface area contributed by atoms with Gasteiger partial charge in [-0.2, -0.15) is 0 Å². The van der Waals surface area contributed by atoms with Crippen LogP contribution in [0.5, 0.6) is 0 Å². The third kappa shape index (κ3) is 3.58. The maximum atomic E-state index is 13.5. The topological polar surface area (TPSA) is 69.6 Å². The highest BCUT2D eigenvalue weighted by atomic mass is 16.3. The molecular weight excluding hydrogens is 376 g/mol. The number of piperidine rings is 1. The molecule has 0 unspecified atom stereocenters. The molecule has 6 nitrogen and oxygen atoms in total. The molecule has 2 aromatic heterocycles. The van der Waals surface area contributed by atoms with Crippen molar-refractivity contribution in [3.05, 3.63) is 42.9 Å². The van der Waals surface area contributed by atoms with Gasteiger partial charge in [0, 0.05) is 55.4 Å². The largest absolute Gasteiger partial charge is 0.393 e. The molecule has 5 rings (SSSR count). The normalized spacial score (nSPS) is 29.6. The zero-order chi connectivity index (χ0) is 20.6. The van der Waals surface area contributed by atoms with Crippen LogP contribution in [0.2, 0.25) is 0 Å². The van der Waals surface area contributed by atoms with E-state index >= 15 is 0 Å². The first-order valence-electron chi connectivity index (χ1n) is 11.3. The second-order valence-electron chi connectivity index (χ2n) is 9.16. The van der Waals surface area contributed by atoms with E-state index in [2.05, 4.69) is 26.9 Å². The van der Waals surface area contributed by atoms with Gasteiger partial charge in [-0.3, -0.25) is 9.78 Å². The van der Waals surface area contributed by atoms with Crippen LogP contribution in [0.4, 0.5) is 5.82 Å². The predicted octanol–water partition coefficient (Wildman–Crippen LogP) is 3.27. The first-order chi connectivity index (χ1) is 14.6. The van der Waals surface area contributed by atoms with Crippen molar-refractivity contribution in [3.8, 4) is 11.1 Å². The molecule has 30 heavy (non-hydrogen) atoms. The van der Waals surface area contributed by atoms with E-state index in [4.69, 9.17) is 4.98 Å². The molecule has 1 saturated carbocycles. The van der Waals surface area contributed by atoms with Crippen LogP contribution in [0.15, 0.2) is 42.9 Å². The van der Waals surface area contributed by atoms with Crippen molar-refractivity contribution in [3.63, 3.8) is 0 Å². The quantitative estimate of drug-likeness (QED) is 0.847. The maximum Gasteiger partial charge on any atom is 0.230 e. The molecular formula is C24H30N4O2. The smallest absolute Gasteiger partial charge is 0.230 e. The van der Waals surface area contributed by atoms with Crippen molar-refractivity contribution in [1.82, 2.24) is 14.9 Å². The lowest BCUT2D eigenvalue weighted by Crippen LogP contribution is -2.50. The predicted molar refractivity (Wildman–Crippen MR) is 116 cm³/mol. The number of aliphatic hydroxyl groups is 1. The Kier molecular flexibility index (Phi) is 5.19. The summed E-state index contributed by atoms with van der Waals surface area (Å²) in [6.45, 7) is 2.57. The van der Waals surface area contributed by atoms with Crippen LogP contribution in [-0.2, 0) is 4.79 Å². The number of hydrogen-bond acceptors (Lipinski definition) is 5. The van der Waals surface area contributed by atoms with Crippen LogP contribution in [-0.4, -0.2) is 57.7 Å². The lowest BCUT2D eigenvalue weighted by molar-refractivity contribution is -0.139. The summed E-state index contributed by atoms with van der Waals surface area (Å²) in [5.74, 6) is 1.29. The van der Waals surface area contributed by atoms with Gasteiger partial charge in [0.05, 0.1) is 11.5 Å². The number of pyridine rings is 2. The van der Waals surface area contributed by atoms with Crippen LogP contribution in [0.1, 0.15) is 44.9 Å². The number of carbonyl (C=O) groups is 1. The van der Waals surface area contributed by atoms with E-state index in [0.29, 0.717) is 11.9 Å². The average Bonchev–Trinajstić information content (AvgIpc) is 3.10. The Morgan fingerprint density at radius 1 is 1.00 bits per heavy atom. The SMILES string of the molecule is O=C1N(C2CCC(O)CC2)CC[C@]12CCCN(c1ccc(-c3cccnc3)cn1)C2. The van der Waals surface area contributed by atoms with Gasteiger partial charge in [-0.1, -0.05) is 6.07 Å². The summed E-state index contributed by atoms with van der Waals surface area (Å²) in [5, 5.41) is 9.81. The zero-order valence-electron chi connectivity index (χ0n) is 17.4. The van der Waals surface area contributed by atoms with Crippen LogP contribution in [0.25, 0.3) is 11.1 Å². The molecule has 1 amide bonds. The Morgan fingerprint density at radius 2 is 1.83 bits per heavy atom. The van der Waals surface area contributed by atoms with Crippen LogP contribution >= 0.6 is 0 Å². The first kappa shape index (κ1) is 19.5. The third-order valence-electron chi connectivity index (χ3n) is 7.30. The Bertz CT molecular complexity index is 880. The maximum absolute atomic E-state index is 13.5. The number of aliphatic hydroxyl groups excluding tert-OH is 1. The van der Waals surface area contributed by atoms with Crippen LogP contribution < -0.4 is 4.90 Å². The molecule has 1 aliphatic carbocycles. The van der Waals surface area contributed by atoms with Gasteiger partial charge >= 0.3 is 0 Å². The summed E-state index contributed by atoms with van der Waals surface area (Å²) in [6, 6.07) is 8.45. The number of anilines is 1. The van der Waals surface area contributed by atoms with E-state index in [-0.39, 0.29) is 11.5 Å². The molecule has 1 spiro atoms. The minimum absolute atomic E-state index is 0.182. The average molecular weight is 407 g/mol. The van der Waals surface area contributed by atoms with E-state index in [0.717, 1.165) is 81.5 Å². The van der Waals surface area contributed by atoms with E-state index < -0.39 is 0 Å². The van der Waals surface area contributed by atoms with Gasteiger partial charge in [0.15, 0.2) is 0 Å². The van der Waals surface area contributed by atoms with Crippen molar-refractivity contribution < 1.29 is 9.90 Å². The van der Waals surface area contributed by atoms with Crippen molar-refractivity contribution in [2.75, 3.05) is 24.5 Å². The number of rotatable bonds is 3. The number of likely N-dealkylation sites (tertiary alicyclic amines) is 1. The lowest BCUT2D eigenvalue weighted by atomic mass is 9.78. The van der Waals surface area contributed by atoms with Gasteiger partial charge < -0.3 is 14.9 Å². The Balaban J connectivity index is 1.29. The molecule has 4 heterocycles. The van der Waals surface area contributed by atoms with E-state index in [1.54, 1.807) is 6.20 Å². The molecule has 3 aliphatic rings. The van der Waals surface area contributed by atoms with Gasteiger partial charge in [-0.15, -0.1) is 0 Å². The number of nitrogens with zero attached hydrogens (tertiary/aromatic N) is 4. The van der Waals surface area contributed by atoms with Crippen molar-refractivity contribution in [1.29, 1.82) is 0 Å². The second kappa shape index (κ2) is 7.99. The summed E-state index contributed by atoms with van der Waals surface area (Å²) in [7, 11) is 0. The first-order valence-corrected chi connectivity index (χ1v) is 11.3. The second-order valence-corrected chi connectivity index (χ2v) is 9.16. The fraction of sp³-hybridized carbons (Fsp3) is 0.542. The van der Waals surface area contributed by atoms with Crippen molar-refractivity contribution >= 4 is 11.7 Å². The van der Waals surface area contributed by atoms with Gasteiger partial charge in [0.1, 0.15) is 5.82 Å². The van der Waals surface area contributed by atoms with E-state index in [1.807, 2.05) is 24.5 Å². The minimum Gasteiger partial charge on any atom is -0.393 e. The van der Waals surface area contributed by atoms with Crippen molar-refractivity contribution in [2.24, 2.45) is 5.41 Å². The zero-order valence-corrected chi connectivity index (χ0v) is 17.4. The van der Waals surface area contributed by atoms with Crippen molar-refractivity contribution in [2.45, 2.75) is 57.1 Å². The molecule has 0 bridgehead atoms. The van der Waals surface area contributed by atoms with E-state index in [9.17, 15) is 9.90 Å². The van der Waals surface area contributed by atoms with E-state index in [1.165, 1.54) is 0 Å². The van der Waals surface area contributed by atoms with Crippen LogP contribution in [0, 0.1) is 5.41 Å². The Morgan fingerprint density at radius 3 is 2.57 bits per heavy atom. The molecule has 0 aromatic carbocycles. The molecule has 3 fully saturated rings. The Labute approximate surface area is 177 Å². The third-order valence-corrected chi connectivity index (χ3v) is 7.30. The Hall–Kier alpha value is -2.47. The molecule has 1 N–H and O–H groups in total. The summed E-state index contributed by atoms with van der Waals surface area (Å²) < 4.78 is 0. The highest BCUT2D eigenvalue weighted by Gasteiger charge is 2.50. The fourth-order valence-corrected chi connectivity index (χ4v) is 5.55. The summed E-state index contributed by atoms with van der Waals surface area (Å²) in [4.78, 5) is 26.8. The summed E-state index contributed by atoms with van der Waals surface area (Å²) in [5.41, 5.74) is 1.85. The van der Waals surface area contributed by atoms with Crippen LogP contribution in [0.3, 0.4) is 0 Å². The summed E-state index contributed by atoms with van der Waals surface area (Å²) >= 11 is 0.